The van der Waals surface area contributed by atoms with Crippen molar-refractivity contribution in [2.45, 2.75) is 110 Å². The first-order chi connectivity index (χ1) is 16.7. The third-order valence-electron chi connectivity index (χ3n) is 9.59. The van der Waals surface area contributed by atoms with Crippen molar-refractivity contribution in [3.63, 3.8) is 0 Å². The van der Waals surface area contributed by atoms with E-state index in [1.54, 1.807) is 27.0 Å². The van der Waals surface area contributed by atoms with Crippen LogP contribution in [0.5, 0.6) is 0 Å². The van der Waals surface area contributed by atoms with Crippen molar-refractivity contribution in [2.24, 2.45) is 23.2 Å². The van der Waals surface area contributed by atoms with Crippen LogP contribution in [0.4, 0.5) is 0 Å². The van der Waals surface area contributed by atoms with E-state index >= 15 is 0 Å². The minimum Gasteiger partial charge on any atom is -0.483 e. The number of ether oxygens (including phenoxy) is 2. The highest BCUT2D eigenvalue weighted by atomic mass is 32.2. The largest absolute Gasteiger partial charge is 0.483 e. The molecular weight excluding hydrogens is 476 g/mol. The highest BCUT2D eigenvalue weighted by Crippen LogP contribution is 2.60. The molecule has 4 rings (SSSR count). The number of carbonyl (C=O) groups is 3. The lowest BCUT2D eigenvalue weighted by molar-refractivity contribution is -0.245. The van der Waals surface area contributed by atoms with Gasteiger partial charge in [-0.2, -0.15) is 0 Å². The average Bonchev–Trinajstić information content (AvgIpc) is 2.82. The molecule has 0 aromatic heterocycles. The van der Waals surface area contributed by atoms with Gasteiger partial charge in [-0.15, -0.1) is 11.8 Å². The molecule has 6 nitrogen and oxygen atoms in total. The first-order valence-corrected chi connectivity index (χ1v) is 14.6. The number of hydrogen-bond acceptors (Lipinski definition) is 7. The Morgan fingerprint density at radius 3 is 2.42 bits per heavy atom. The van der Waals surface area contributed by atoms with E-state index < -0.39 is 17.1 Å². The summed E-state index contributed by atoms with van der Waals surface area (Å²) in [6, 6.07) is 0. The molecule has 36 heavy (non-hydrogen) atoms. The van der Waals surface area contributed by atoms with Crippen LogP contribution >= 0.6 is 11.8 Å². The van der Waals surface area contributed by atoms with Crippen molar-refractivity contribution in [2.75, 3.05) is 6.26 Å². The molecular formula is C29H42O6S. The lowest BCUT2D eigenvalue weighted by Crippen LogP contribution is -2.62. The Morgan fingerprint density at radius 2 is 1.83 bits per heavy atom. The second-order valence-electron chi connectivity index (χ2n) is 12.4. The number of Topliss-reactive ketones (excluding diaryl/α,β-unsaturated/α-hetero) is 3. The smallest absolute Gasteiger partial charge is 0.225 e. The lowest BCUT2D eigenvalue weighted by atomic mass is 9.53. The summed E-state index contributed by atoms with van der Waals surface area (Å²) < 4.78 is 13.0. The summed E-state index contributed by atoms with van der Waals surface area (Å²) >= 11 is 1.25. The predicted octanol–water partition coefficient (Wildman–Crippen LogP) is 5.17. The fourth-order valence-electron chi connectivity index (χ4n) is 7.02. The normalized spacial score (nSPS) is 36.5. The highest BCUT2D eigenvalue weighted by molar-refractivity contribution is 8.03. The second kappa shape index (κ2) is 9.39. The zero-order valence-electron chi connectivity index (χ0n) is 23.0. The van der Waals surface area contributed by atoms with Gasteiger partial charge in [0.15, 0.2) is 11.5 Å². The summed E-state index contributed by atoms with van der Waals surface area (Å²) in [7, 11) is 0. The molecule has 1 saturated heterocycles. The van der Waals surface area contributed by atoms with Gasteiger partial charge in [-0.05, 0) is 65.6 Å². The van der Waals surface area contributed by atoms with Crippen LogP contribution in [0.25, 0.3) is 0 Å². The fourth-order valence-corrected chi connectivity index (χ4v) is 7.82. The third-order valence-corrected chi connectivity index (χ3v) is 10.4. The summed E-state index contributed by atoms with van der Waals surface area (Å²) in [5, 5.41) is 10.6. The van der Waals surface area contributed by atoms with Gasteiger partial charge >= 0.3 is 0 Å². The maximum Gasteiger partial charge on any atom is 0.225 e. The van der Waals surface area contributed by atoms with E-state index in [4.69, 9.17) is 9.47 Å². The molecule has 7 heteroatoms. The first kappa shape index (κ1) is 27.6. The maximum absolute atomic E-state index is 13.9. The van der Waals surface area contributed by atoms with Crippen LogP contribution in [0.1, 0.15) is 87.0 Å². The van der Waals surface area contributed by atoms with Gasteiger partial charge in [0.25, 0.3) is 0 Å². The molecule has 2 heterocycles. The van der Waals surface area contributed by atoms with E-state index in [1.807, 2.05) is 13.8 Å². The van der Waals surface area contributed by atoms with Crippen molar-refractivity contribution < 1.29 is 29.0 Å². The van der Waals surface area contributed by atoms with E-state index in [-0.39, 0.29) is 52.6 Å². The van der Waals surface area contributed by atoms with E-state index in [1.165, 1.54) is 11.8 Å². The van der Waals surface area contributed by atoms with Crippen molar-refractivity contribution in [1.82, 2.24) is 0 Å². The minimum absolute atomic E-state index is 0.00540. The van der Waals surface area contributed by atoms with Crippen LogP contribution in [0.2, 0.25) is 0 Å². The van der Waals surface area contributed by atoms with Crippen LogP contribution in [0, 0.1) is 23.2 Å². The quantitative estimate of drug-likeness (QED) is 0.485. The number of aliphatic hydroxyl groups is 1. The van der Waals surface area contributed by atoms with Gasteiger partial charge in [0.05, 0.1) is 22.7 Å². The standard InChI is InChI=1S/C29H42O6S/c1-9-15(2)22(30)16(3)21-24(32)25-17(23(31)26(21)36-8)14-18-28(6)12-10-19(27(4,5)33)34-20(28)11-13-29(18,7)35-25/h15-16,18-20,33H,9-14H2,1-8H3/t15-,16-,18-,19+,20+,28-,29+/m0/s1. The Kier molecular flexibility index (Phi) is 7.20. The molecule has 0 spiro atoms. The lowest BCUT2D eigenvalue weighted by Gasteiger charge is -2.60. The van der Waals surface area contributed by atoms with E-state index in [0.717, 1.165) is 19.3 Å². The highest BCUT2D eigenvalue weighted by Gasteiger charge is 2.61. The number of hydrogen-bond donors (Lipinski definition) is 1. The number of thioether (sulfide) groups is 1. The SMILES string of the molecule is CC[C@H](C)C(=O)[C@@H](C)C1=C(SC)C(=O)C2=C(O[C@]3(C)CC[C@H]4O[C@@H](C(C)(C)O)CC[C@@]4(C)[C@@H]3C2)C1=O. The predicted molar refractivity (Wildman–Crippen MR) is 140 cm³/mol. The summed E-state index contributed by atoms with van der Waals surface area (Å²) in [5.74, 6) is -1.16. The molecule has 200 valence electrons. The summed E-state index contributed by atoms with van der Waals surface area (Å²) in [4.78, 5) is 41.1. The maximum atomic E-state index is 13.9. The Morgan fingerprint density at radius 1 is 1.17 bits per heavy atom. The zero-order chi connectivity index (χ0) is 26.8. The topological polar surface area (TPSA) is 89.9 Å². The molecule has 0 aromatic rings. The Labute approximate surface area is 219 Å². The number of carbonyl (C=O) groups excluding carboxylic acids is 3. The summed E-state index contributed by atoms with van der Waals surface area (Å²) in [5.41, 5.74) is -1.00. The van der Waals surface area contributed by atoms with Gasteiger partial charge in [-0.1, -0.05) is 27.7 Å². The van der Waals surface area contributed by atoms with Gasteiger partial charge in [0.2, 0.25) is 5.78 Å². The third kappa shape index (κ3) is 4.23. The number of ketones is 3. The molecule has 0 bridgehead atoms. The van der Waals surface area contributed by atoms with Crippen molar-refractivity contribution in [3.8, 4) is 0 Å². The summed E-state index contributed by atoms with van der Waals surface area (Å²) in [6.07, 6.45) is 5.74. The molecule has 0 aromatic carbocycles. The van der Waals surface area contributed by atoms with Crippen molar-refractivity contribution >= 4 is 29.1 Å². The van der Waals surface area contributed by atoms with Gasteiger partial charge in [-0.25, -0.2) is 0 Å². The Balaban J connectivity index is 1.69. The Bertz CT molecular complexity index is 1030. The zero-order valence-corrected chi connectivity index (χ0v) is 23.8. The Hall–Kier alpha value is -1.44. The second-order valence-corrected chi connectivity index (χ2v) is 13.2. The van der Waals surface area contributed by atoms with Crippen LogP contribution in [0.15, 0.2) is 21.8 Å². The van der Waals surface area contributed by atoms with Crippen LogP contribution in [-0.4, -0.2) is 52.1 Å². The van der Waals surface area contributed by atoms with Crippen LogP contribution in [-0.2, 0) is 23.9 Å². The van der Waals surface area contributed by atoms with Gasteiger partial charge < -0.3 is 14.6 Å². The van der Waals surface area contributed by atoms with Crippen LogP contribution in [0.3, 0.4) is 0 Å². The van der Waals surface area contributed by atoms with Crippen LogP contribution < -0.4 is 0 Å². The van der Waals surface area contributed by atoms with Gasteiger partial charge in [0.1, 0.15) is 11.4 Å². The molecule has 1 saturated carbocycles. The van der Waals surface area contributed by atoms with Crippen molar-refractivity contribution in [1.29, 1.82) is 0 Å². The molecule has 1 N–H and O–H groups in total. The minimum atomic E-state index is -0.912. The first-order valence-electron chi connectivity index (χ1n) is 13.4. The molecule has 4 aliphatic rings. The number of allylic oxidation sites excluding steroid dienone is 3. The fraction of sp³-hybridized carbons (Fsp3) is 0.759. The van der Waals surface area contributed by atoms with Gasteiger partial charge in [0, 0.05) is 34.3 Å². The monoisotopic (exact) mass is 518 g/mol. The van der Waals surface area contributed by atoms with E-state index in [0.29, 0.717) is 35.3 Å². The summed E-state index contributed by atoms with van der Waals surface area (Å²) in [6.45, 7) is 13.4. The van der Waals surface area contributed by atoms with Gasteiger partial charge in [-0.3, -0.25) is 14.4 Å². The molecule has 7 atom stereocenters. The number of fused-ring (bicyclic) bond motifs is 3. The van der Waals surface area contributed by atoms with E-state index in [2.05, 4.69) is 13.8 Å². The van der Waals surface area contributed by atoms with E-state index in [9.17, 15) is 19.5 Å². The van der Waals surface area contributed by atoms with Crippen molar-refractivity contribution in [3.05, 3.63) is 21.8 Å². The molecule has 0 unspecified atom stereocenters. The molecule has 2 aliphatic carbocycles. The molecule has 0 radical (unpaired) electrons. The molecule has 0 amide bonds. The number of rotatable bonds is 6. The molecule has 2 aliphatic heterocycles. The average molecular weight is 519 g/mol. The molecule has 2 fully saturated rings.